The number of carbonyl (C=O) groups excluding carboxylic acids is 4. The number of rotatable bonds is 11. The molecular weight excluding hydrogens is 675 g/mol. The van der Waals surface area contributed by atoms with Gasteiger partial charge in [-0.15, -0.1) is 0 Å². The highest BCUT2D eigenvalue weighted by Gasteiger charge is 2.49. The maximum absolute atomic E-state index is 13.9. The molecule has 2 saturated heterocycles. The number of carbonyl (C=O) groups is 4. The molecule has 5 aliphatic rings. The van der Waals surface area contributed by atoms with Gasteiger partial charge in [-0.3, -0.25) is 24.1 Å². The Morgan fingerprint density at radius 1 is 0.574 bits per heavy atom. The molecule has 3 aromatic carbocycles. The van der Waals surface area contributed by atoms with Gasteiger partial charge in [0, 0.05) is 61.7 Å². The number of amides is 4. The molecule has 3 aromatic rings. The Labute approximate surface area is 319 Å². The number of hydrogen-bond acceptors (Lipinski definition) is 5. The molecule has 3 saturated carbocycles. The normalized spacial score (nSPS) is 28.4. The van der Waals surface area contributed by atoms with E-state index >= 15 is 0 Å². The van der Waals surface area contributed by atoms with E-state index in [0.717, 1.165) is 57.3 Å². The molecule has 5 fully saturated rings. The summed E-state index contributed by atoms with van der Waals surface area (Å²) in [7, 11) is 0. The van der Waals surface area contributed by atoms with Crippen molar-refractivity contribution in [1.29, 1.82) is 0 Å². The molecule has 3 aliphatic carbocycles. The van der Waals surface area contributed by atoms with Gasteiger partial charge in [0.2, 0.25) is 17.7 Å². The van der Waals surface area contributed by atoms with Crippen LogP contribution in [0.4, 0.5) is 0 Å². The van der Waals surface area contributed by atoms with Gasteiger partial charge in [-0.1, -0.05) is 105 Å². The van der Waals surface area contributed by atoms with E-state index in [-0.39, 0.29) is 66.6 Å². The number of likely N-dealkylation sites (tertiary alicyclic amines) is 2. The molecule has 0 unspecified atom stereocenters. The third-order valence-corrected chi connectivity index (χ3v) is 12.7. The van der Waals surface area contributed by atoms with Crippen molar-refractivity contribution in [2.24, 2.45) is 17.8 Å². The van der Waals surface area contributed by atoms with Gasteiger partial charge < -0.3 is 20.9 Å². The van der Waals surface area contributed by atoms with Crippen LogP contribution in [0.15, 0.2) is 84.9 Å². The third-order valence-electron chi connectivity index (χ3n) is 12.7. The molecule has 0 radical (unpaired) electrons. The van der Waals surface area contributed by atoms with Crippen LogP contribution in [0.1, 0.15) is 103 Å². The van der Waals surface area contributed by atoms with Crippen LogP contribution < -0.4 is 16.0 Å². The Morgan fingerprint density at radius 2 is 1.11 bits per heavy atom. The molecule has 0 aromatic heterocycles. The van der Waals surface area contributed by atoms with Gasteiger partial charge >= 0.3 is 0 Å². The van der Waals surface area contributed by atoms with Crippen LogP contribution in [0.2, 0.25) is 0 Å². The Balaban J connectivity index is 0.872. The molecule has 4 amide bonds. The zero-order chi connectivity index (χ0) is 37.0. The first-order valence-electron chi connectivity index (χ1n) is 20.5. The van der Waals surface area contributed by atoms with Gasteiger partial charge in [0.1, 0.15) is 0 Å². The van der Waals surface area contributed by atoms with E-state index in [1.165, 1.54) is 43.2 Å². The zero-order valence-electron chi connectivity index (χ0n) is 31.3. The standard InChI is InChI=1S/C45H55N5O4/c51-42(46-35-16-10-2-1-3-11-17-35)34-22-23-49(27-34)26-30-18-20-33(21-19-30)45(54)50-28-38(43(52)47-40-24-36(40)31-12-6-4-7-13-31)39(29-50)44(53)48-41-25-37(41)32-14-8-5-9-15-32/h4-9,12-15,18-21,34-41H,1-3,10-11,16-17,22-29H2,(H,46,51)(H,47,52)(H,48,53)/t34-,36+,37+,38+,39+,40-,41-/m0/s1. The summed E-state index contributed by atoms with van der Waals surface area (Å²) in [5.74, 6) is -0.925. The summed E-state index contributed by atoms with van der Waals surface area (Å²) in [5, 5.41) is 9.81. The van der Waals surface area contributed by atoms with Gasteiger partial charge in [0.25, 0.3) is 5.91 Å². The topological polar surface area (TPSA) is 111 Å². The van der Waals surface area contributed by atoms with Crippen molar-refractivity contribution in [2.75, 3.05) is 26.2 Å². The minimum Gasteiger partial charge on any atom is -0.353 e. The van der Waals surface area contributed by atoms with Crippen LogP contribution in [0.25, 0.3) is 0 Å². The second-order valence-electron chi connectivity index (χ2n) is 16.6. The van der Waals surface area contributed by atoms with E-state index in [1.54, 1.807) is 4.90 Å². The molecule has 2 aliphatic heterocycles. The number of nitrogens with one attached hydrogen (secondary N) is 3. The van der Waals surface area contributed by atoms with E-state index in [0.29, 0.717) is 11.6 Å². The molecule has 3 N–H and O–H groups in total. The summed E-state index contributed by atoms with van der Waals surface area (Å²) in [6, 6.07) is 28.5. The highest BCUT2D eigenvalue weighted by molar-refractivity contribution is 5.97. The minimum atomic E-state index is -0.619. The van der Waals surface area contributed by atoms with Crippen molar-refractivity contribution in [2.45, 2.75) is 101 Å². The quantitative estimate of drug-likeness (QED) is 0.232. The van der Waals surface area contributed by atoms with Crippen molar-refractivity contribution in [3.05, 3.63) is 107 Å². The lowest BCUT2D eigenvalue weighted by Crippen LogP contribution is -2.43. The van der Waals surface area contributed by atoms with Crippen LogP contribution in [-0.2, 0) is 20.9 Å². The Morgan fingerprint density at radius 3 is 1.67 bits per heavy atom. The largest absolute Gasteiger partial charge is 0.353 e. The first kappa shape index (κ1) is 36.5. The average Bonchev–Trinajstić information content (AvgIpc) is 4.02. The number of benzene rings is 3. The van der Waals surface area contributed by atoms with Crippen molar-refractivity contribution in [1.82, 2.24) is 25.8 Å². The second-order valence-corrected chi connectivity index (χ2v) is 16.6. The molecule has 9 heteroatoms. The fourth-order valence-electron chi connectivity index (χ4n) is 9.23. The fourth-order valence-corrected chi connectivity index (χ4v) is 9.23. The monoisotopic (exact) mass is 729 g/mol. The van der Waals surface area contributed by atoms with E-state index in [1.807, 2.05) is 60.7 Å². The molecule has 284 valence electrons. The van der Waals surface area contributed by atoms with Crippen molar-refractivity contribution in [3.63, 3.8) is 0 Å². The molecule has 0 spiro atoms. The molecule has 8 rings (SSSR count). The van der Waals surface area contributed by atoms with Crippen LogP contribution in [0.3, 0.4) is 0 Å². The lowest BCUT2D eigenvalue weighted by Gasteiger charge is -2.23. The first-order valence-corrected chi connectivity index (χ1v) is 20.5. The number of nitrogens with zero attached hydrogens (tertiary/aromatic N) is 2. The summed E-state index contributed by atoms with van der Waals surface area (Å²) < 4.78 is 0. The van der Waals surface area contributed by atoms with Gasteiger partial charge in [-0.05, 0) is 67.5 Å². The molecule has 0 bridgehead atoms. The van der Waals surface area contributed by atoms with Crippen molar-refractivity contribution >= 4 is 23.6 Å². The number of hydrogen-bond donors (Lipinski definition) is 3. The molecular formula is C45H55N5O4. The lowest BCUT2D eigenvalue weighted by molar-refractivity contribution is -0.133. The molecule has 7 atom stereocenters. The van der Waals surface area contributed by atoms with Gasteiger partial charge in [0.15, 0.2) is 0 Å². The fraction of sp³-hybridized carbons (Fsp3) is 0.511. The first-order chi connectivity index (χ1) is 26.4. The summed E-state index contributed by atoms with van der Waals surface area (Å²) in [6.07, 6.45) is 11.1. The average molecular weight is 730 g/mol. The summed E-state index contributed by atoms with van der Waals surface area (Å²) >= 11 is 0. The predicted molar refractivity (Wildman–Crippen MR) is 208 cm³/mol. The van der Waals surface area contributed by atoms with Crippen LogP contribution in [-0.4, -0.2) is 77.7 Å². The molecule has 9 nitrogen and oxygen atoms in total. The summed E-state index contributed by atoms with van der Waals surface area (Å²) in [6.45, 7) is 2.77. The van der Waals surface area contributed by atoms with Crippen LogP contribution in [0.5, 0.6) is 0 Å². The van der Waals surface area contributed by atoms with E-state index in [2.05, 4.69) is 45.1 Å². The van der Waals surface area contributed by atoms with Crippen molar-refractivity contribution < 1.29 is 19.2 Å². The van der Waals surface area contributed by atoms with Gasteiger partial charge in [-0.25, -0.2) is 0 Å². The van der Waals surface area contributed by atoms with E-state index < -0.39 is 11.8 Å². The SMILES string of the molecule is O=C(NC1CCCCCCC1)[C@H]1CCN(Cc2ccc(C(=O)N3C[C@@H](C(=O)N[C@H]4C[C@@H]4c4ccccc4)[C@H](C(=O)N[C@H]4C[C@@H]4c4ccccc4)C3)cc2)C1. The highest BCUT2D eigenvalue weighted by Crippen LogP contribution is 2.42. The van der Waals surface area contributed by atoms with Gasteiger partial charge in [-0.2, -0.15) is 0 Å². The highest BCUT2D eigenvalue weighted by atomic mass is 16.2. The molecule has 54 heavy (non-hydrogen) atoms. The van der Waals surface area contributed by atoms with E-state index in [9.17, 15) is 19.2 Å². The Hall–Kier alpha value is -4.50. The smallest absolute Gasteiger partial charge is 0.253 e. The lowest BCUT2D eigenvalue weighted by atomic mass is 9.94. The van der Waals surface area contributed by atoms with E-state index in [4.69, 9.17) is 0 Å². The third kappa shape index (κ3) is 8.72. The maximum Gasteiger partial charge on any atom is 0.253 e. The summed E-state index contributed by atoms with van der Waals surface area (Å²) in [5.41, 5.74) is 4.06. The van der Waals surface area contributed by atoms with Gasteiger partial charge in [0.05, 0.1) is 17.8 Å². The maximum atomic E-state index is 13.9. The Kier molecular flexibility index (Phi) is 11.1. The second kappa shape index (κ2) is 16.5. The predicted octanol–water partition coefficient (Wildman–Crippen LogP) is 5.77. The molecule has 2 heterocycles. The Bertz CT molecular complexity index is 1700. The zero-order valence-corrected chi connectivity index (χ0v) is 31.3. The summed E-state index contributed by atoms with van der Waals surface area (Å²) in [4.78, 5) is 58.7. The minimum absolute atomic E-state index is 0.0232. The van der Waals surface area contributed by atoms with Crippen LogP contribution >= 0.6 is 0 Å². The van der Waals surface area contributed by atoms with Crippen molar-refractivity contribution in [3.8, 4) is 0 Å². The van der Waals surface area contributed by atoms with Crippen LogP contribution in [0, 0.1) is 17.8 Å².